The lowest BCUT2D eigenvalue weighted by Gasteiger charge is -2.35. The van der Waals surface area contributed by atoms with Crippen LogP contribution in [-0.4, -0.2) is 71.0 Å². The Labute approximate surface area is 155 Å². The van der Waals surface area contributed by atoms with Gasteiger partial charge in [0, 0.05) is 46.0 Å². The van der Waals surface area contributed by atoms with Crippen molar-refractivity contribution >= 4 is 17.6 Å². The van der Waals surface area contributed by atoms with Gasteiger partial charge in [0.1, 0.15) is 6.54 Å². The molecule has 8 heteroatoms. The molecule has 1 saturated heterocycles. The number of rotatable bonds is 8. The minimum Gasteiger partial charge on any atom is -0.396 e. The average molecular weight is 364 g/mol. The molecule has 26 heavy (non-hydrogen) atoms. The Balaban J connectivity index is 2.01. The molecule has 0 aliphatic carbocycles. The molecule has 1 fully saturated rings. The monoisotopic (exact) mass is 364 g/mol. The molecule has 1 aliphatic rings. The van der Waals surface area contributed by atoms with E-state index in [9.17, 15) is 9.90 Å². The minimum atomic E-state index is 0.0512. The summed E-state index contributed by atoms with van der Waals surface area (Å²) in [5.41, 5.74) is 0.838. The van der Waals surface area contributed by atoms with E-state index in [2.05, 4.69) is 17.3 Å². The van der Waals surface area contributed by atoms with Crippen molar-refractivity contribution in [3.05, 3.63) is 12.4 Å². The second-order valence-electron chi connectivity index (χ2n) is 6.70. The number of carbonyl (C=O) groups excluding carboxylic acids is 1. The number of aliphatic imine (C=N–C) groups is 1. The van der Waals surface area contributed by atoms with E-state index in [1.165, 1.54) is 0 Å². The number of aliphatic hydroxyl groups excluding tert-OH is 1. The fraction of sp³-hybridized carbons (Fsp3) is 0.722. The summed E-state index contributed by atoms with van der Waals surface area (Å²) in [5.74, 6) is 1.21. The van der Waals surface area contributed by atoms with Gasteiger partial charge in [-0.2, -0.15) is 5.10 Å². The van der Waals surface area contributed by atoms with Gasteiger partial charge in [0.05, 0.1) is 11.9 Å². The van der Waals surface area contributed by atoms with Gasteiger partial charge in [0.2, 0.25) is 5.91 Å². The molecular formula is C18H32N6O2. The zero-order chi connectivity index (χ0) is 18.9. The number of nitrogens with one attached hydrogen (secondary N) is 1. The highest BCUT2D eigenvalue weighted by atomic mass is 16.3. The van der Waals surface area contributed by atoms with Crippen LogP contribution in [0.2, 0.25) is 0 Å². The van der Waals surface area contributed by atoms with Gasteiger partial charge in [-0.05, 0) is 25.7 Å². The quantitative estimate of drug-likeness (QED) is 0.527. The van der Waals surface area contributed by atoms with Crippen molar-refractivity contribution in [2.24, 2.45) is 18.0 Å². The summed E-state index contributed by atoms with van der Waals surface area (Å²) in [6.07, 6.45) is 6.48. The molecule has 1 atom stereocenters. The first-order valence-electron chi connectivity index (χ1n) is 9.52. The van der Waals surface area contributed by atoms with E-state index in [4.69, 9.17) is 4.99 Å². The summed E-state index contributed by atoms with van der Waals surface area (Å²) in [6, 6.07) is 0. The van der Waals surface area contributed by atoms with Gasteiger partial charge >= 0.3 is 0 Å². The molecule has 1 amide bonds. The van der Waals surface area contributed by atoms with Crippen molar-refractivity contribution in [2.45, 2.75) is 33.1 Å². The fourth-order valence-electron chi connectivity index (χ4n) is 3.23. The lowest BCUT2D eigenvalue weighted by molar-refractivity contribution is -0.120. The number of hydrogen-bond donors (Lipinski definition) is 2. The summed E-state index contributed by atoms with van der Waals surface area (Å²) in [5, 5.41) is 16.7. The number of guanidine groups is 1. The van der Waals surface area contributed by atoms with Crippen LogP contribution in [0.3, 0.4) is 0 Å². The number of nitrogens with zero attached hydrogens (tertiary/aromatic N) is 5. The highest BCUT2D eigenvalue weighted by Crippen LogP contribution is 2.16. The maximum absolute atomic E-state index is 12.6. The van der Waals surface area contributed by atoms with E-state index in [0.29, 0.717) is 25.6 Å². The third-order valence-corrected chi connectivity index (χ3v) is 4.59. The van der Waals surface area contributed by atoms with Gasteiger partial charge in [-0.25, -0.2) is 0 Å². The SMILES string of the molecule is CCCC(CCO)CN=C(NCC)N1CCN(c2cnn(C)c2)C(=O)C1. The molecule has 0 radical (unpaired) electrons. The third-order valence-electron chi connectivity index (χ3n) is 4.59. The molecule has 1 aromatic rings. The van der Waals surface area contributed by atoms with E-state index in [1.807, 2.05) is 25.1 Å². The maximum atomic E-state index is 12.6. The zero-order valence-corrected chi connectivity index (χ0v) is 16.2. The highest BCUT2D eigenvalue weighted by Gasteiger charge is 2.27. The summed E-state index contributed by atoms with van der Waals surface area (Å²) in [4.78, 5) is 21.1. The zero-order valence-electron chi connectivity index (χ0n) is 16.2. The first-order chi connectivity index (χ1) is 12.6. The molecule has 2 N–H and O–H groups in total. The molecule has 1 unspecified atom stereocenters. The first kappa shape index (κ1) is 20.2. The van der Waals surface area contributed by atoms with Gasteiger partial charge in [-0.15, -0.1) is 0 Å². The van der Waals surface area contributed by atoms with Crippen LogP contribution in [0.1, 0.15) is 33.1 Å². The Bertz CT molecular complexity index is 594. The van der Waals surface area contributed by atoms with Gasteiger partial charge in [-0.1, -0.05) is 13.3 Å². The van der Waals surface area contributed by atoms with Crippen molar-refractivity contribution in [1.82, 2.24) is 20.0 Å². The standard InChI is InChI=1S/C18H32N6O2/c1-4-6-15(7-10-25)11-20-18(19-5-2)23-8-9-24(17(26)14-23)16-12-21-22(3)13-16/h12-13,15,25H,4-11,14H2,1-3H3,(H,19,20). The molecule has 8 nitrogen and oxygen atoms in total. The molecular weight excluding hydrogens is 332 g/mol. The van der Waals surface area contributed by atoms with Crippen LogP contribution < -0.4 is 10.2 Å². The van der Waals surface area contributed by atoms with E-state index < -0.39 is 0 Å². The third kappa shape index (κ3) is 5.45. The summed E-state index contributed by atoms with van der Waals surface area (Å²) >= 11 is 0. The smallest absolute Gasteiger partial charge is 0.246 e. The van der Waals surface area contributed by atoms with Crippen molar-refractivity contribution in [1.29, 1.82) is 0 Å². The predicted octanol–water partition coefficient (Wildman–Crippen LogP) is 0.833. The molecule has 2 rings (SSSR count). The molecule has 0 saturated carbocycles. The van der Waals surface area contributed by atoms with Crippen molar-refractivity contribution in [3.8, 4) is 0 Å². The van der Waals surface area contributed by atoms with Gasteiger partial charge in [-0.3, -0.25) is 14.5 Å². The Morgan fingerprint density at radius 1 is 1.38 bits per heavy atom. The Kier molecular flexibility index (Phi) is 7.90. The van der Waals surface area contributed by atoms with Crippen LogP contribution in [0.15, 0.2) is 17.4 Å². The number of aryl methyl sites for hydroxylation is 1. The molecule has 1 aliphatic heterocycles. The Morgan fingerprint density at radius 2 is 2.19 bits per heavy atom. The topological polar surface area (TPSA) is 86.0 Å². The van der Waals surface area contributed by atoms with Crippen molar-refractivity contribution in [2.75, 3.05) is 44.2 Å². The minimum absolute atomic E-state index is 0.0512. The number of aliphatic hydroxyl groups is 1. The largest absolute Gasteiger partial charge is 0.396 e. The van der Waals surface area contributed by atoms with E-state index in [1.54, 1.807) is 15.8 Å². The number of hydrogen-bond acceptors (Lipinski definition) is 4. The van der Waals surface area contributed by atoms with E-state index in [0.717, 1.165) is 44.0 Å². The number of anilines is 1. The molecule has 1 aromatic heterocycles. The highest BCUT2D eigenvalue weighted by molar-refractivity contribution is 5.98. The lowest BCUT2D eigenvalue weighted by atomic mass is 10.0. The summed E-state index contributed by atoms with van der Waals surface area (Å²) in [7, 11) is 1.85. The molecule has 0 spiro atoms. The number of aromatic nitrogens is 2. The Morgan fingerprint density at radius 3 is 2.77 bits per heavy atom. The molecule has 0 bridgehead atoms. The van der Waals surface area contributed by atoms with Gasteiger partial charge in [0.25, 0.3) is 0 Å². The first-order valence-corrected chi connectivity index (χ1v) is 9.52. The molecule has 0 aromatic carbocycles. The Hall–Kier alpha value is -2.09. The van der Waals surface area contributed by atoms with Crippen molar-refractivity contribution < 1.29 is 9.90 Å². The predicted molar refractivity (Wildman–Crippen MR) is 103 cm³/mol. The van der Waals surface area contributed by atoms with Gasteiger partial charge < -0.3 is 20.2 Å². The number of piperazine rings is 1. The average Bonchev–Trinajstić information content (AvgIpc) is 3.04. The van der Waals surface area contributed by atoms with Crippen LogP contribution in [0.4, 0.5) is 5.69 Å². The fourth-order valence-corrected chi connectivity index (χ4v) is 3.23. The second-order valence-corrected chi connectivity index (χ2v) is 6.70. The molecule has 2 heterocycles. The van der Waals surface area contributed by atoms with Crippen LogP contribution in [0, 0.1) is 5.92 Å². The van der Waals surface area contributed by atoms with Crippen LogP contribution in [0.5, 0.6) is 0 Å². The van der Waals surface area contributed by atoms with E-state index in [-0.39, 0.29) is 12.5 Å². The number of carbonyl (C=O) groups is 1. The normalized spacial score (nSPS) is 16.9. The lowest BCUT2D eigenvalue weighted by Crippen LogP contribution is -2.55. The summed E-state index contributed by atoms with van der Waals surface area (Å²) in [6.45, 7) is 7.45. The van der Waals surface area contributed by atoms with Gasteiger partial charge in [0.15, 0.2) is 5.96 Å². The molecule has 146 valence electrons. The van der Waals surface area contributed by atoms with Crippen LogP contribution >= 0.6 is 0 Å². The van der Waals surface area contributed by atoms with E-state index >= 15 is 0 Å². The number of amides is 1. The van der Waals surface area contributed by atoms with Crippen molar-refractivity contribution in [3.63, 3.8) is 0 Å². The maximum Gasteiger partial charge on any atom is 0.246 e. The van der Waals surface area contributed by atoms with Crippen LogP contribution in [-0.2, 0) is 11.8 Å². The summed E-state index contributed by atoms with van der Waals surface area (Å²) < 4.78 is 1.70. The van der Waals surface area contributed by atoms with Crippen LogP contribution in [0.25, 0.3) is 0 Å². The second kappa shape index (κ2) is 10.2.